The van der Waals surface area contributed by atoms with Crippen molar-refractivity contribution in [3.63, 3.8) is 0 Å². The van der Waals surface area contributed by atoms with Gasteiger partial charge in [-0.25, -0.2) is 4.39 Å². The number of hydrogen-bond acceptors (Lipinski definition) is 0. The summed E-state index contributed by atoms with van der Waals surface area (Å²) in [5.41, 5.74) is 2.11. The Morgan fingerprint density at radius 1 is 1.50 bits per heavy atom. The van der Waals surface area contributed by atoms with Gasteiger partial charge < -0.3 is 0 Å². The molecular formula is C9H7BrClF. The topological polar surface area (TPSA) is 0 Å². The molecule has 2 rings (SSSR count). The minimum atomic E-state index is -0.245. The highest BCUT2D eigenvalue weighted by atomic mass is 79.9. The highest BCUT2D eigenvalue weighted by Gasteiger charge is 2.22. The van der Waals surface area contributed by atoms with Crippen LogP contribution in [0.4, 0.5) is 4.39 Å². The number of fused-ring (bicyclic) bond motifs is 1. The molecule has 0 saturated carbocycles. The molecule has 0 heterocycles. The summed E-state index contributed by atoms with van der Waals surface area (Å²) in [5.74, 6) is -0.245. The summed E-state index contributed by atoms with van der Waals surface area (Å²) in [6.45, 7) is 0. The molecule has 1 aliphatic carbocycles. The molecule has 0 amide bonds. The zero-order valence-electron chi connectivity index (χ0n) is 6.28. The Labute approximate surface area is 83.9 Å². The molecule has 0 nitrogen and oxygen atoms in total. The summed E-state index contributed by atoms with van der Waals surface area (Å²) in [6.07, 6.45) is 1.96. The second kappa shape index (κ2) is 3.00. The SMILES string of the molecule is Fc1cc(Cl)c2c(c1)C(Br)CC2. The van der Waals surface area contributed by atoms with E-state index >= 15 is 0 Å². The molecule has 0 saturated heterocycles. The minimum absolute atomic E-state index is 0.245. The summed E-state index contributed by atoms with van der Waals surface area (Å²) in [4.78, 5) is 0.278. The van der Waals surface area contributed by atoms with Gasteiger partial charge in [-0.3, -0.25) is 0 Å². The first-order valence-electron chi connectivity index (χ1n) is 3.80. The largest absolute Gasteiger partial charge is 0.207 e. The fraction of sp³-hybridized carbons (Fsp3) is 0.333. The van der Waals surface area contributed by atoms with E-state index in [1.54, 1.807) is 6.07 Å². The second-order valence-electron chi connectivity index (χ2n) is 2.96. The number of hydrogen-bond donors (Lipinski definition) is 0. The lowest BCUT2D eigenvalue weighted by molar-refractivity contribution is 0.626. The lowest BCUT2D eigenvalue weighted by Crippen LogP contribution is -1.87. The zero-order valence-corrected chi connectivity index (χ0v) is 8.62. The van der Waals surface area contributed by atoms with Crippen LogP contribution in [0.3, 0.4) is 0 Å². The summed E-state index contributed by atoms with van der Waals surface area (Å²) in [5, 5.41) is 0.562. The van der Waals surface area contributed by atoms with Crippen molar-refractivity contribution in [1.29, 1.82) is 0 Å². The van der Waals surface area contributed by atoms with Gasteiger partial charge in [0.2, 0.25) is 0 Å². The van der Waals surface area contributed by atoms with E-state index in [-0.39, 0.29) is 10.6 Å². The van der Waals surface area contributed by atoms with Crippen LogP contribution in [0, 0.1) is 5.82 Å². The monoisotopic (exact) mass is 248 g/mol. The summed E-state index contributed by atoms with van der Waals surface area (Å²) >= 11 is 9.36. The van der Waals surface area contributed by atoms with E-state index in [1.165, 1.54) is 6.07 Å². The van der Waals surface area contributed by atoms with Gasteiger partial charge in [-0.05, 0) is 36.1 Å². The third kappa shape index (κ3) is 1.27. The Kier molecular flexibility index (Phi) is 2.13. The van der Waals surface area contributed by atoms with Crippen LogP contribution in [0.5, 0.6) is 0 Å². The first-order chi connectivity index (χ1) is 5.68. The van der Waals surface area contributed by atoms with Gasteiger partial charge in [0.05, 0.1) is 0 Å². The van der Waals surface area contributed by atoms with Crippen molar-refractivity contribution >= 4 is 27.5 Å². The molecule has 0 radical (unpaired) electrons. The molecule has 1 aromatic rings. The molecule has 3 heteroatoms. The number of halogens is 3. The Morgan fingerprint density at radius 2 is 2.25 bits per heavy atom. The third-order valence-corrected chi connectivity index (χ3v) is 3.47. The van der Waals surface area contributed by atoms with Crippen molar-refractivity contribution in [2.24, 2.45) is 0 Å². The number of benzene rings is 1. The van der Waals surface area contributed by atoms with E-state index in [9.17, 15) is 4.39 Å². The zero-order chi connectivity index (χ0) is 8.72. The van der Waals surface area contributed by atoms with Gasteiger partial charge in [-0.2, -0.15) is 0 Å². The van der Waals surface area contributed by atoms with Crippen molar-refractivity contribution in [2.75, 3.05) is 0 Å². The Morgan fingerprint density at radius 3 is 3.00 bits per heavy atom. The molecule has 0 spiro atoms. The van der Waals surface area contributed by atoms with Crippen LogP contribution in [0.2, 0.25) is 5.02 Å². The minimum Gasteiger partial charge on any atom is -0.207 e. The Hall–Kier alpha value is -0.0800. The maximum absolute atomic E-state index is 12.9. The molecule has 0 fully saturated rings. The smallest absolute Gasteiger partial charge is 0.125 e. The molecule has 0 aromatic heterocycles. The molecule has 1 atom stereocenters. The number of rotatable bonds is 0. The fourth-order valence-electron chi connectivity index (χ4n) is 1.59. The van der Waals surface area contributed by atoms with Crippen molar-refractivity contribution in [2.45, 2.75) is 17.7 Å². The Balaban J connectivity index is 2.60. The molecule has 0 bridgehead atoms. The normalized spacial score (nSPS) is 21.1. The van der Waals surface area contributed by atoms with Gasteiger partial charge in [0.1, 0.15) is 5.82 Å². The molecule has 64 valence electrons. The summed E-state index contributed by atoms with van der Waals surface area (Å²) in [7, 11) is 0. The quantitative estimate of drug-likeness (QED) is 0.613. The van der Waals surface area contributed by atoms with Gasteiger partial charge in [-0.1, -0.05) is 27.5 Å². The second-order valence-corrected chi connectivity index (χ2v) is 4.47. The highest BCUT2D eigenvalue weighted by molar-refractivity contribution is 9.09. The van der Waals surface area contributed by atoms with Crippen molar-refractivity contribution in [3.05, 3.63) is 34.1 Å². The van der Waals surface area contributed by atoms with Crippen LogP contribution < -0.4 is 0 Å². The lowest BCUT2D eigenvalue weighted by atomic mass is 10.1. The Bertz CT molecular complexity index is 325. The van der Waals surface area contributed by atoms with E-state index in [2.05, 4.69) is 15.9 Å². The average molecular weight is 250 g/mol. The van der Waals surface area contributed by atoms with Gasteiger partial charge in [0.25, 0.3) is 0 Å². The predicted molar refractivity (Wildman–Crippen MR) is 51.4 cm³/mol. The summed E-state index contributed by atoms with van der Waals surface area (Å²) in [6, 6.07) is 2.94. The molecular weight excluding hydrogens is 242 g/mol. The number of alkyl halides is 1. The maximum atomic E-state index is 12.9. The van der Waals surface area contributed by atoms with Crippen molar-refractivity contribution < 1.29 is 4.39 Å². The molecule has 12 heavy (non-hydrogen) atoms. The van der Waals surface area contributed by atoms with Gasteiger partial charge in [0.15, 0.2) is 0 Å². The maximum Gasteiger partial charge on any atom is 0.125 e. The van der Waals surface area contributed by atoms with Gasteiger partial charge >= 0.3 is 0 Å². The van der Waals surface area contributed by atoms with Crippen LogP contribution in [-0.4, -0.2) is 0 Å². The van der Waals surface area contributed by atoms with Crippen LogP contribution in [0.15, 0.2) is 12.1 Å². The van der Waals surface area contributed by atoms with Gasteiger partial charge in [-0.15, -0.1) is 0 Å². The van der Waals surface area contributed by atoms with Crippen LogP contribution in [0.25, 0.3) is 0 Å². The van der Waals surface area contributed by atoms with Crippen LogP contribution >= 0.6 is 27.5 Å². The van der Waals surface area contributed by atoms with Crippen molar-refractivity contribution in [3.8, 4) is 0 Å². The molecule has 1 aliphatic rings. The standard InChI is InChI=1S/C9H7BrClF/c10-8-2-1-6-7(8)3-5(12)4-9(6)11/h3-4,8H,1-2H2. The predicted octanol–water partition coefficient (Wildman–Crippen LogP) is 3.86. The molecule has 0 N–H and O–H groups in total. The molecule has 1 aromatic carbocycles. The summed E-state index contributed by atoms with van der Waals surface area (Å²) < 4.78 is 12.9. The highest BCUT2D eigenvalue weighted by Crippen LogP contribution is 2.40. The lowest BCUT2D eigenvalue weighted by Gasteiger charge is -2.04. The van der Waals surface area contributed by atoms with E-state index in [4.69, 9.17) is 11.6 Å². The first-order valence-corrected chi connectivity index (χ1v) is 5.09. The fourth-order valence-corrected chi connectivity index (χ4v) is 2.54. The van der Waals surface area contributed by atoms with E-state index in [1.807, 2.05) is 0 Å². The third-order valence-electron chi connectivity index (χ3n) is 2.18. The van der Waals surface area contributed by atoms with Crippen LogP contribution in [-0.2, 0) is 6.42 Å². The van der Waals surface area contributed by atoms with E-state index in [0.29, 0.717) is 5.02 Å². The van der Waals surface area contributed by atoms with Crippen LogP contribution in [0.1, 0.15) is 22.4 Å². The molecule has 0 aliphatic heterocycles. The van der Waals surface area contributed by atoms with Crippen molar-refractivity contribution in [1.82, 2.24) is 0 Å². The molecule has 1 unspecified atom stereocenters. The van der Waals surface area contributed by atoms with E-state index < -0.39 is 0 Å². The van der Waals surface area contributed by atoms with E-state index in [0.717, 1.165) is 24.0 Å². The first kappa shape index (κ1) is 8.52. The van der Waals surface area contributed by atoms with Gasteiger partial charge in [0, 0.05) is 9.85 Å². The average Bonchev–Trinajstić information content (AvgIpc) is 2.33.